The molecule has 0 aliphatic rings. The van der Waals surface area contributed by atoms with Gasteiger partial charge >= 0.3 is 5.97 Å². The number of pyridine rings is 1. The second-order valence-electron chi connectivity index (χ2n) is 4.40. The molecule has 0 bridgehead atoms. The highest BCUT2D eigenvalue weighted by Crippen LogP contribution is 2.19. The Bertz CT molecular complexity index is 420. The average molecular weight is 331 g/mol. The van der Waals surface area contributed by atoms with E-state index in [9.17, 15) is 4.79 Å². The van der Waals surface area contributed by atoms with Crippen molar-refractivity contribution in [1.29, 1.82) is 0 Å². The van der Waals surface area contributed by atoms with Crippen LogP contribution in [0, 0.1) is 5.92 Å². The Morgan fingerprint density at radius 3 is 2.84 bits per heavy atom. The van der Waals surface area contributed by atoms with Crippen LogP contribution in [0.4, 0.5) is 5.82 Å². The highest BCUT2D eigenvalue weighted by Gasteiger charge is 2.14. The van der Waals surface area contributed by atoms with Crippen LogP contribution in [-0.2, 0) is 0 Å². The number of nitrogens with zero attached hydrogens (tertiary/aromatic N) is 1. The largest absolute Gasteiger partial charge is 0.478 e. The van der Waals surface area contributed by atoms with Crippen molar-refractivity contribution < 1.29 is 15.0 Å². The molecule has 0 radical (unpaired) electrons. The molecule has 1 unspecified atom stereocenters. The molecule has 0 spiro atoms. The molecule has 0 aromatic carbocycles. The maximum Gasteiger partial charge on any atom is 0.339 e. The van der Waals surface area contributed by atoms with Crippen molar-refractivity contribution in [3.63, 3.8) is 0 Å². The zero-order chi connectivity index (χ0) is 14.3. The first-order valence-electron chi connectivity index (χ1n) is 6.32. The number of aromatic nitrogens is 1. The summed E-state index contributed by atoms with van der Waals surface area (Å²) < 4.78 is 0.635. The molecule has 106 valence electrons. The number of carboxylic acids is 1. The van der Waals surface area contributed by atoms with Crippen molar-refractivity contribution in [1.82, 2.24) is 4.98 Å². The monoisotopic (exact) mass is 330 g/mol. The summed E-state index contributed by atoms with van der Waals surface area (Å²) in [5.74, 6) is -0.317. The van der Waals surface area contributed by atoms with Gasteiger partial charge in [-0.1, -0.05) is 13.3 Å². The standard InChI is InChI=1S/C13H19BrN2O3/c1-2-3-9(4-5-17)7-15-12-11(13(18)19)6-10(14)8-16-12/h6,8-9,17H,2-5,7H2,1H3,(H,15,16)(H,18,19). The number of anilines is 1. The molecule has 1 aromatic rings. The smallest absolute Gasteiger partial charge is 0.339 e. The van der Waals surface area contributed by atoms with Crippen molar-refractivity contribution >= 4 is 27.7 Å². The van der Waals surface area contributed by atoms with E-state index in [1.807, 2.05) is 0 Å². The molecule has 1 atom stereocenters. The van der Waals surface area contributed by atoms with Gasteiger partial charge in [-0.25, -0.2) is 9.78 Å². The number of aromatic carboxylic acids is 1. The maximum absolute atomic E-state index is 11.1. The van der Waals surface area contributed by atoms with Gasteiger partial charge in [0, 0.05) is 23.8 Å². The zero-order valence-electron chi connectivity index (χ0n) is 10.9. The molecule has 0 aliphatic heterocycles. The molecule has 19 heavy (non-hydrogen) atoms. The summed E-state index contributed by atoms with van der Waals surface area (Å²) in [6, 6.07) is 1.53. The van der Waals surface area contributed by atoms with Gasteiger partial charge in [-0.3, -0.25) is 0 Å². The summed E-state index contributed by atoms with van der Waals surface area (Å²) in [6.45, 7) is 2.85. The maximum atomic E-state index is 11.1. The summed E-state index contributed by atoms with van der Waals surface area (Å²) in [5, 5.41) is 21.2. The number of carboxylic acid groups (broad SMARTS) is 1. The van der Waals surface area contributed by atoms with Crippen molar-refractivity contribution in [2.75, 3.05) is 18.5 Å². The van der Waals surface area contributed by atoms with Gasteiger partial charge in [0.15, 0.2) is 0 Å². The van der Waals surface area contributed by atoms with E-state index in [1.54, 1.807) is 6.20 Å². The Kier molecular flexibility index (Phi) is 6.80. The van der Waals surface area contributed by atoms with Crippen LogP contribution < -0.4 is 5.32 Å². The molecule has 0 aliphatic carbocycles. The lowest BCUT2D eigenvalue weighted by Gasteiger charge is -2.17. The zero-order valence-corrected chi connectivity index (χ0v) is 12.5. The highest BCUT2D eigenvalue weighted by molar-refractivity contribution is 9.10. The third kappa shape index (κ3) is 5.16. The minimum Gasteiger partial charge on any atom is -0.478 e. The molecule has 1 aromatic heterocycles. The fraction of sp³-hybridized carbons (Fsp3) is 0.538. The number of halogens is 1. The first kappa shape index (κ1) is 15.9. The second kappa shape index (κ2) is 8.12. The van der Waals surface area contributed by atoms with E-state index in [2.05, 4.69) is 33.2 Å². The molecular formula is C13H19BrN2O3. The van der Waals surface area contributed by atoms with Crippen LogP contribution in [0.1, 0.15) is 36.5 Å². The Morgan fingerprint density at radius 1 is 1.53 bits per heavy atom. The van der Waals surface area contributed by atoms with Crippen LogP contribution in [0.5, 0.6) is 0 Å². The summed E-state index contributed by atoms with van der Waals surface area (Å²) in [5.41, 5.74) is 0.147. The summed E-state index contributed by atoms with van der Waals surface area (Å²) >= 11 is 3.21. The molecule has 0 saturated heterocycles. The number of hydrogen-bond acceptors (Lipinski definition) is 4. The minimum atomic E-state index is -1.01. The van der Waals surface area contributed by atoms with E-state index < -0.39 is 5.97 Å². The average Bonchev–Trinajstić information content (AvgIpc) is 2.37. The van der Waals surface area contributed by atoms with Crippen molar-refractivity contribution in [3.8, 4) is 0 Å². The van der Waals surface area contributed by atoms with Crippen LogP contribution in [-0.4, -0.2) is 34.3 Å². The third-order valence-electron chi connectivity index (χ3n) is 2.88. The first-order valence-corrected chi connectivity index (χ1v) is 7.11. The molecule has 0 saturated carbocycles. The van der Waals surface area contributed by atoms with Gasteiger partial charge in [0.2, 0.25) is 0 Å². The molecule has 1 heterocycles. The Labute approximate surface area is 121 Å². The molecule has 0 amide bonds. The minimum absolute atomic E-state index is 0.145. The normalized spacial score (nSPS) is 12.2. The number of carbonyl (C=O) groups is 1. The van der Waals surface area contributed by atoms with E-state index in [0.717, 1.165) is 12.8 Å². The number of hydrogen-bond donors (Lipinski definition) is 3. The van der Waals surface area contributed by atoms with E-state index in [-0.39, 0.29) is 12.2 Å². The summed E-state index contributed by atoms with van der Waals surface area (Å²) in [7, 11) is 0. The van der Waals surface area contributed by atoms with Gasteiger partial charge in [-0.05, 0) is 40.8 Å². The molecular weight excluding hydrogens is 312 g/mol. The van der Waals surface area contributed by atoms with Crippen LogP contribution >= 0.6 is 15.9 Å². The van der Waals surface area contributed by atoms with Crippen LogP contribution in [0.3, 0.4) is 0 Å². The SMILES string of the molecule is CCCC(CCO)CNc1ncc(Br)cc1C(=O)O. The van der Waals surface area contributed by atoms with E-state index >= 15 is 0 Å². The van der Waals surface area contributed by atoms with E-state index in [4.69, 9.17) is 10.2 Å². The van der Waals surface area contributed by atoms with Crippen LogP contribution in [0.15, 0.2) is 16.7 Å². The quantitative estimate of drug-likeness (QED) is 0.682. The topological polar surface area (TPSA) is 82.5 Å². The van der Waals surface area contributed by atoms with Gasteiger partial charge in [0.25, 0.3) is 0 Å². The van der Waals surface area contributed by atoms with Gasteiger partial charge < -0.3 is 15.5 Å². The predicted molar refractivity (Wildman–Crippen MR) is 77.5 cm³/mol. The summed E-state index contributed by atoms with van der Waals surface area (Å²) in [6.07, 6.45) is 4.30. The number of aliphatic hydroxyl groups is 1. The van der Waals surface area contributed by atoms with Crippen LogP contribution in [0.25, 0.3) is 0 Å². The lowest BCUT2D eigenvalue weighted by molar-refractivity contribution is 0.0697. The number of rotatable bonds is 8. The van der Waals surface area contributed by atoms with Crippen molar-refractivity contribution in [3.05, 3.63) is 22.3 Å². The Hall–Kier alpha value is -1.14. The summed E-state index contributed by atoms with van der Waals surface area (Å²) in [4.78, 5) is 15.2. The second-order valence-corrected chi connectivity index (χ2v) is 5.32. The Balaban J connectivity index is 2.73. The van der Waals surface area contributed by atoms with Crippen molar-refractivity contribution in [2.24, 2.45) is 5.92 Å². The molecule has 6 heteroatoms. The number of aliphatic hydroxyl groups excluding tert-OH is 1. The van der Waals surface area contributed by atoms with Gasteiger partial charge in [-0.15, -0.1) is 0 Å². The molecule has 1 rings (SSSR count). The fourth-order valence-corrected chi connectivity index (χ4v) is 2.25. The fourth-order valence-electron chi connectivity index (χ4n) is 1.92. The predicted octanol–water partition coefficient (Wildman–Crippen LogP) is 2.75. The van der Waals surface area contributed by atoms with E-state index in [0.29, 0.717) is 29.2 Å². The van der Waals surface area contributed by atoms with Gasteiger partial charge in [-0.2, -0.15) is 0 Å². The number of nitrogens with one attached hydrogen (secondary N) is 1. The van der Waals surface area contributed by atoms with Gasteiger partial charge in [0.1, 0.15) is 11.4 Å². The molecule has 3 N–H and O–H groups in total. The highest BCUT2D eigenvalue weighted by atomic mass is 79.9. The van der Waals surface area contributed by atoms with Gasteiger partial charge in [0.05, 0.1) is 0 Å². The lowest BCUT2D eigenvalue weighted by Crippen LogP contribution is -2.18. The van der Waals surface area contributed by atoms with E-state index in [1.165, 1.54) is 6.07 Å². The van der Waals surface area contributed by atoms with Crippen LogP contribution in [0.2, 0.25) is 0 Å². The third-order valence-corrected chi connectivity index (χ3v) is 3.31. The lowest BCUT2D eigenvalue weighted by atomic mass is 10.0. The van der Waals surface area contributed by atoms with Crippen molar-refractivity contribution in [2.45, 2.75) is 26.2 Å². The Morgan fingerprint density at radius 2 is 2.26 bits per heavy atom. The molecule has 5 nitrogen and oxygen atoms in total. The first-order chi connectivity index (χ1) is 9.08. The molecule has 0 fully saturated rings.